The zero-order valence-corrected chi connectivity index (χ0v) is 12.6. The van der Waals surface area contributed by atoms with E-state index in [1.807, 2.05) is 0 Å². The van der Waals surface area contributed by atoms with Crippen LogP contribution in [-0.2, 0) is 14.3 Å². The summed E-state index contributed by atoms with van der Waals surface area (Å²) in [7, 11) is 0. The molecular weight excluding hydrogens is 260 g/mol. The maximum absolute atomic E-state index is 11.8. The summed E-state index contributed by atoms with van der Waals surface area (Å²) in [6.45, 7) is 5.32. The van der Waals surface area contributed by atoms with E-state index in [2.05, 4.69) is 5.43 Å². The number of hydrogen-bond donors (Lipinski definition) is 2. The van der Waals surface area contributed by atoms with Crippen LogP contribution < -0.4 is 11.3 Å². The van der Waals surface area contributed by atoms with Gasteiger partial charge in [-0.3, -0.25) is 10.2 Å². The predicted octanol–water partition coefficient (Wildman–Crippen LogP) is 2.27. The summed E-state index contributed by atoms with van der Waals surface area (Å²) < 4.78 is 10.5. The first-order chi connectivity index (χ1) is 9.31. The molecule has 0 spiro atoms. The second-order valence-electron chi connectivity index (χ2n) is 6.29. The van der Waals surface area contributed by atoms with Gasteiger partial charge in [-0.05, 0) is 39.5 Å². The Kier molecular flexibility index (Phi) is 6.26. The van der Waals surface area contributed by atoms with Gasteiger partial charge >= 0.3 is 6.16 Å². The molecule has 1 rings (SSSR count). The maximum Gasteiger partial charge on any atom is 0.509 e. The minimum Gasteiger partial charge on any atom is -0.430 e. The van der Waals surface area contributed by atoms with E-state index >= 15 is 0 Å². The maximum atomic E-state index is 11.8. The Bertz CT molecular complexity index is 333. The molecule has 20 heavy (non-hydrogen) atoms. The summed E-state index contributed by atoms with van der Waals surface area (Å²) in [5.74, 6) is 4.98. The smallest absolute Gasteiger partial charge is 0.430 e. The Balaban J connectivity index is 2.61. The van der Waals surface area contributed by atoms with Crippen molar-refractivity contribution in [2.24, 2.45) is 11.8 Å². The Morgan fingerprint density at radius 3 is 2.35 bits per heavy atom. The normalized spacial score (nSPS) is 18.2. The summed E-state index contributed by atoms with van der Waals surface area (Å²) in [4.78, 5) is 23.2. The van der Waals surface area contributed by atoms with Crippen molar-refractivity contribution in [3.05, 3.63) is 0 Å². The van der Waals surface area contributed by atoms with E-state index in [-0.39, 0.29) is 18.2 Å². The highest BCUT2D eigenvalue weighted by Crippen LogP contribution is 2.30. The van der Waals surface area contributed by atoms with Gasteiger partial charge in [0, 0.05) is 0 Å². The average Bonchev–Trinajstić information content (AvgIpc) is 2.36. The highest BCUT2D eigenvalue weighted by Gasteiger charge is 2.30. The lowest BCUT2D eigenvalue weighted by Gasteiger charge is -2.30. The van der Waals surface area contributed by atoms with Gasteiger partial charge in [0.2, 0.25) is 5.91 Å². The molecular formula is C14H26N2O4. The van der Waals surface area contributed by atoms with Gasteiger partial charge in [-0.25, -0.2) is 10.6 Å². The number of nitrogens with two attached hydrogens (primary N) is 1. The lowest BCUT2D eigenvalue weighted by molar-refractivity contribution is -0.125. The molecule has 0 saturated heterocycles. The second-order valence-corrected chi connectivity index (χ2v) is 6.29. The van der Waals surface area contributed by atoms with E-state index in [0.29, 0.717) is 0 Å². The summed E-state index contributed by atoms with van der Waals surface area (Å²) in [6, 6.07) is 0. The van der Waals surface area contributed by atoms with Crippen LogP contribution in [0.2, 0.25) is 0 Å². The van der Waals surface area contributed by atoms with Crippen LogP contribution in [-0.4, -0.2) is 23.8 Å². The van der Waals surface area contributed by atoms with Gasteiger partial charge in [0.05, 0.1) is 6.42 Å². The van der Waals surface area contributed by atoms with Crippen LogP contribution in [0.4, 0.5) is 4.79 Å². The van der Waals surface area contributed by atoms with E-state index in [1.54, 1.807) is 20.8 Å². The van der Waals surface area contributed by atoms with Crippen LogP contribution in [0.1, 0.15) is 59.3 Å². The van der Waals surface area contributed by atoms with Crippen molar-refractivity contribution in [3.8, 4) is 0 Å². The van der Waals surface area contributed by atoms with Gasteiger partial charge in [0.1, 0.15) is 11.7 Å². The monoisotopic (exact) mass is 286 g/mol. The molecule has 1 aliphatic rings. The molecule has 6 heteroatoms. The molecule has 0 aromatic rings. The molecule has 3 N–H and O–H groups in total. The van der Waals surface area contributed by atoms with Crippen molar-refractivity contribution < 1.29 is 19.1 Å². The minimum atomic E-state index is -0.724. The number of hydrazine groups is 1. The minimum absolute atomic E-state index is 0.0837. The number of ether oxygens (including phenoxy) is 2. The third-order valence-corrected chi connectivity index (χ3v) is 3.36. The first-order valence-electron chi connectivity index (χ1n) is 7.21. The third-order valence-electron chi connectivity index (χ3n) is 3.36. The summed E-state index contributed by atoms with van der Waals surface area (Å²) in [6.07, 6.45) is 4.22. The average molecular weight is 286 g/mol. The van der Waals surface area contributed by atoms with Crippen molar-refractivity contribution in [1.29, 1.82) is 0 Å². The first kappa shape index (κ1) is 16.8. The zero-order valence-electron chi connectivity index (χ0n) is 12.6. The number of rotatable bonds is 4. The molecule has 0 unspecified atom stereocenters. The molecule has 0 aliphatic heterocycles. The van der Waals surface area contributed by atoms with Gasteiger partial charge in [-0.15, -0.1) is 0 Å². The molecule has 1 saturated carbocycles. The van der Waals surface area contributed by atoms with Crippen LogP contribution in [0.3, 0.4) is 0 Å². The molecule has 0 bridgehead atoms. The van der Waals surface area contributed by atoms with Crippen molar-refractivity contribution >= 4 is 12.1 Å². The van der Waals surface area contributed by atoms with Crippen LogP contribution in [0.15, 0.2) is 0 Å². The van der Waals surface area contributed by atoms with Crippen LogP contribution in [0.25, 0.3) is 0 Å². The van der Waals surface area contributed by atoms with Gasteiger partial charge in [0.25, 0.3) is 0 Å². The molecule has 0 aromatic carbocycles. The summed E-state index contributed by atoms with van der Waals surface area (Å²) in [5.41, 5.74) is 1.48. The van der Waals surface area contributed by atoms with Crippen LogP contribution in [0.5, 0.6) is 0 Å². The van der Waals surface area contributed by atoms with Crippen LogP contribution >= 0.6 is 0 Å². The number of amides is 1. The van der Waals surface area contributed by atoms with Crippen molar-refractivity contribution in [2.45, 2.75) is 71.0 Å². The van der Waals surface area contributed by atoms with Gasteiger partial charge < -0.3 is 9.47 Å². The van der Waals surface area contributed by atoms with Crippen molar-refractivity contribution in [1.82, 2.24) is 5.43 Å². The first-order valence-corrected chi connectivity index (χ1v) is 7.21. The number of carbonyl (C=O) groups is 2. The van der Waals surface area contributed by atoms with Crippen molar-refractivity contribution in [2.75, 3.05) is 0 Å². The highest BCUT2D eigenvalue weighted by molar-refractivity contribution is 5.76. The van der Waals surface area contributed by atoms with Crippen molar-refractivity contribution in [3.63, 3.8) is 0 Å². The van der Waals surface area contributed by atoms with E-state index in [1.165, 1.54) is 6.42 Å². The third kappa shape index (κ3) is 6.23. The van der Waals surface area contributed by atoms with Gasteiger partial charge in [-0.1, -0.05) is 19.3 Å². The molecule has 0 heterocycles. The topological polar surface area (TPSA) is 90.6 Å². The summed E-state index contributed by atoms with van der Waals surface area (Å²) in [5, 5.41) is 0. The SMILES string of the molecule is CC(C)(C)OC(=O)O[C@@H](CC(=O)NN)C1CCCCC1. The molecule has 1 fully saturated rings. The standard InChI is InChI=1S/C14H26N2O4/c1-14(2,3)20-13(18)19-11(9-12(17)16-15)10-7-5-4-6-8-10/h10-11H,4-9,15H2,1-3H3,(H,16,17)/t11-/m0/s1. The molecule has 0 radical (unpaired) electrons. The van der Waals surface area contributed by atoms with Gasteiger partial charge in [0.15, 0.2) is 0 Å². The molecule has 6 nitrogen and oxygen atoms in total. The molecule has 116 valence electrons. The largest absolute Gasteiger partial charge is 0.509 e. The number of hydrogen-bond acceptors (Lipinski definition) is 5. The quantitative estimate of drug-likeness (QED) is 0.358. The summed E-state index contributed by atoms with van der Waals surface area (Å²) >= 11 is 0. The number of nitrogens with one attached hydrogen (secondary N) is 1. The molecule has 1 aliphatic carbocycles. The predicted molar refractivity (Wildman–Crippen MR) is 74.6 cm³/mol. The molecule has 0 aromatic heterocycles. The Morgan fingerprint density at radius 1 is 1.25 bits per heavy atom. The molecule has 1 atom stereocenters. The fraction of sp³-hybridized carbons (Fsp3) is 0.857. The Morgan fingerprint density at radius 2 is 1.85 bits per heavy atom. The lowest BCUT2D eigenvalue weighted by atomic mass is 9.84. The van der Waals surface area contributed by atoms with E-state index < -0.39 is 17.9 Å². The van der Waals surface area contributed by atoms with Gasteiger partial charge in [-0.2, -0.15) is 0 Å². The highest BCUT2D eigenvalue weighted by atomic mass is 16.7. The number of carbonyl (C=O) groups excluding carboxylic acids is 2. The fourth-order valence-electron chi connectivity index (χ4n) is 2.45. The van der Waals surface area contributed by atoms with E-state index in [0.717, 1.165) is 25.7 Å². The Labute approximate surface area is 120 Å². The fourth-order valence-corrected chi connectivity index (χ4v) is 2.45. The van der Waals surface area contributed by atoms with Crippen LogP contribution in [0, 0.1) is 5.92 Å². The van der Waals surface area contributed by atoms with E-state index in [9.17, 15) is 9.59 Å². The molecule has 1 amide bonds. The zero-order chi connectivity index (χ0) is 15.2. The lowest BCUT2D eigenvalue weighted by Crippen LogP contribution is -2.38. The Hall–Kier alpha value is -1.30. The second kappa shape index (κ2) is 7.47. The van der Waals surface area contributed by atoms with E-state index in [4.69, 9.17) is 15.3 Å².